The fourth-order valence-corrected chi connectivity index (χ4v) is 3.23. The number of nitro groups is 1. The van der Waals surface area contributed by atoms with Crippen LogP contribution in [0.15, 0.2) is 59.7 Å². The molecule has 0 unspecified atom stereocenters. The number of ether oxygens (including phenoxy) is 1. The Morgan fingerprint density at radius 1 is 1.13 bits per heavy atom. The number of nitrogens with zero attached hydrogens (tertiary/aromatic N) is 3. The number of aromatic nitrogens is 1. The Bertz CT molecular complexity index is 1180. The Hall–Kier alpha value is -4.27. The molecular formula is C22H20N4O5. The van der Waals surface area contributed by atoms with E-state index in [4.69, 9.17) is 4.74 Å². The van der Waals surface area contributed by atoms with Crippen molar-refractivity contribution in [3.63, 3.8) is 0 Å². The maximum Gasteiger partial charge on any atom is 0.337 e. The van der Waals surface area contributed by atoms with Crippen LogP contribution in [0.3, 0.4) is 0 Å². The molecule has 0 radical (unpaired) electrons. The van der Waals surface area contributed by atoms with Crippen LogP contribution in [0.2, 0.25) is 0 Å². The molecule has 1 amide bonds. The number of nitro benzene ring substituents is 1. The zero-order valence-electron chi connectivity index (χ0n) is 17.2. The normalized spacial score (nSPS) is 10.8. The van der Waals surface area contributed by atoms with Crippen molar-refractivity contribution in [1.82, 2.24) is 9.99 Å². The van der Waals surface area contributed by atoms with Crippen molar-refractivity contribution in [2.45, 2.75) is 13.8 Å². The molecule has 9 heteroatoms. The lowest BCUT2D eigenvalue weighted by Crippen LogP contribution is -2.19. The minimum absolute atomic E-state index is 0.0687. The molecule has 0 aliphatic rings. The van der Waals surface area contributed by atoms with E-state index in [9.17, 15) is 19.7 Å². The number of amides is 1. The highest BCUT2D eigenvalue weighted by Crippen LogP contribution is 2.21. The van der Waals surface area contributed by atoms with Gasteiger partial charge in [-0.15, -0.1) is 0 Å². The maximum absolute atomic E-state index is 12.3. The van der Waals surface area contributed by atoms with Gasteiger partial charge >= 0.3 is 5.97 Å². The van der Waals surface area contributed by atoms with E-state index in [-0.39, 0.29) is 11.3 Å². The van der Waals surface area contributed by atoms with Crippen molar-refractivity contribution < 1.29 is 19.2 Å². The molecular weight excluding hydrogens is 400 g/mol. The number of nitrogens with one attached hydrogen (secondary N) is 1. The van der Waals surface area contributed by atoms with Crippen LogP contribution >= 0.6 is 0 Å². The molecule has 0 bridgehead atoms. The van der Waals surface area contributed by atoms with Gasteiger partial charge in [-0.2, -0.15) is 5.10 Å². The Morgan fingerprint density at radius 3 is 2.45 bits per heavy atom. The SMILES string of the molecule is COC(=O)c1ccc(-n2c(C)cc(/C=N\NC(=O)c3ccccc3[N+](=O)[O-])c2C)cc1. The molecule has 1 heterocycles. The summed E-state index contributed by atoms with van der Waals surface area (Å²) in [6, 6.07) is 14.5. The van der Waals surface area contributed by atoms with Crippen LogP contribution in [0.4, 0.5) is 5.69 Å². The Labute approximate surface area is 178 Å². The lowest BCUT2D eigenvalue weighted by Gasteiger charge is -2.10. The summed E-state index contributed by atoms with van der Waals surface area (Å²) in [5.74, 6) is -1.08. The lowest BCUT2D eigenvalue weighted by molar-refractivity contribution is -0.385. The molecule has 158 valence electrons. The van der Waals surface area contributed by atoms with Gasteiger partial charge in [-0.1, -0.05) is 12.1 Å². The van der Waals surface area contributed by atoms with Gasteiger partial charge in [0.15, 0.2) is 0 Å². The summed E-state index contributed by atoms with van der Waals surface area (Å²) < 4.78 is 6.69. The number of carbonyl (C=O) groups excluding carboxylic acids is 2. The second-order valence-electron chi connectivity index (χ2n) is 6.67. The lowest BCUT2D eigenvalue weighted by atomic mass is 10.2. The molecule has 1 N–H and O–H groups in total. The second kappa shape index (κ2) is 9.04. The van der Waals surface area contributed by atoms with Gasteiger partial charge in [0.05, 0.1) is 23.8 Å². The van der Waals surface area contributed by atoms with Crippen LogP contribution in [-0.4, -0.2) is 34.7 Å². The number of hydrogen-bond donors (Lipinski definition) is 1. The molecule has 0 saturated heterocycles. The highest BCUT2D eigenvalue weighted by Gasteiger charge is 2.18. The van der Waals surface area contributed by atoms with Crippen LogP contribution in [0.1, 0.15) is 37.7 Å². The van der Waals surface area contributed by atoms with Crippen molar-refractivity contribution in [1.29, 1.82) is 0 Å². The van der Waals surface area contributed by atoms with Crippen LogP contribution < -0.4 is 5.43 Å². The average molecular weight is 420 g/mol. The van der Waals surface area contributed by atoms with E-state index in [0.29, 0.717) is 5.56 Å². The molecule has 31 heavy (non-hydrogen) atoms. The molecule has 9 nitrogen and oxygen atoms in total. The summed E-state index contributed by atoms with van der Waals surface area (Å²) in [6.07, 6.45) is 1.48. The largest absolute Gasteiger partial charge is 0.465 e. The minimum atomic E-state index is -0.671. The Balaban J connectivity index is 1.80. The van der Waals surface area contributed by atoms with Crippen LogP contribution in [0.5, 0.6) is 0 Å². The predicted molar refractivity (Wildman–Crippen MR) is 115 cm³/mol. The summed E-state index contributed by atoms with van der Waals surface area (Å²) in [6.45, 7) is 3.82. The van der Waals surface area contributed by atoms with E-state index in [2.05, 4.69) is 10.5 Å². The molecule has 0 atom stereocenters. The molecule has 2 aromatic carbocycles. The first-order chi connectivity index (χ1) is 14.8. The first-order valence-electron chi connectivity index (χ1n) is 9.28. The quantitative estimate of drug-likeness (QED) is 0.283. The maximum atomic E-state index is 12.3. The van der Waals surface area contributed by atoms with Crippen molar-refractivity contribution in [3.05, 3.63) is 92.8 Å². The van der Waals surface area contributed by atoms with Crippen LogP contribution in [0, 0.1) is 24.0 Å². The molecule has 0 spiro atoms. The van der Waals surface area contributed by atoms with Crippen molar-refractivity contribution in [2.24, 2.45) is 5.10 Å². The number of benzene rings is 2. The molecule has 0 aliphatic carbocycles. The van der Waals surface area contributed by atoms with E-state index >= 15 is 0 Å². The Morgan fingerprint density at radius 2 is 1.81 bits per heavy atom. The number of rotatable bonds is 6. The zero-order chi connectivity index (χ0) is 22.5. The minimum Gasteiger partial charge on any atom is -0.465 e. The van der Waals surface area contributed by atoms with E-state index in [1.54, 1.807) is 18.2 Å². The van der Waals surface area contributed by atoms with E-state index in [1.807, 2.05) is 36.6 Å². The summed E-state index contributed by atoms with van der Waals surface area (Å²) in [5, 5.41) is 15.0. The summed E-state index contributed by atoms with van der Waals surface area (Å²) in [5.41, 5.74) is 5.83. The van der Waals surface area contributed by atoms with Gasteiger partial charge in [0.25, 0.3) is 11.6 Å². The molecule has 0 aliphatic heterocycles. The molecule has 0 saturated carbocycles. The average Bonchev–Trinajstić information content (AvgIpc) is 3.06. The van der Waals surface area contributed by atoms with E-state index in [0.717, 1.165) is 22.6 Å². The number of methoxy groups -OCH3 is 1. The molecule has 0 fully saturated rings. The summed E-state index contributed by atoms with van der Waals surface area (Å²) >= 11 is 0. The number of hydrogen-bond acceptors (Lipinski definition) is 6. The molecule has 1 aromatic heterocycles. The van der Waals surface area contributed by atoms with E-state index < -0.39 is 16.8 Å². The number of esters is 1. The first kappa shape index (κ1) is 21.4. The van der Waals surface area contributed by atoms with Gasteiger partial charge in [0.2, 0.25) is 0 Å². The van der Waals surface area contributed by atoms with Crippen molar-refractivity contribution in [3.8, 4) is 5.69 Å². The second-order valence-corrected chi connectivity index (χ2v) is 6.67. The fourth-order valence-electron chi connectivity index (χ4n) is 3.23. The van der Waals surface area contributed by atoms with Crippen LogP contribution in [0.25, 0.3) is 5.69 Å². The number of aryl methyl sites for hydroxylation is 1. The van der Waals surface area contributed by atoms with Crippen molar-refractivity contribution >= 4 is 23.8 Å². The highest BCUT2D eigenvalue weighted by molar-refractivity contribution is 5.98. The standard InChI is InChI=1S/C22H20N4O5/c1-14-12-17(13-23-24-21(27)19-6-4-5-7-20(19)26(29)30)15(2)25(14)18-10-8-16(9-11-18)22(28)31-3/h4-13H,1-3H3,(H,24,27)/b23-13-. The smallest absolute Gasteiger partial charge is 0.337 e. The van der Waals surface area contributed by atoms with Gasteiger partial charge in [0, 0.05) is 28.7 Å². The van der Waals surface area contributed by atoms with E-state index in [1.165, 1.54) is 31.5 Å². The third-order valence-corrected chi connectivity index (χ3v) is 4.73. The third-order valence-electron chi connectivity index (χ3n) is 4.73. The Kier molecular flexibility index (Phi) is 6.25. The van der Waals surface area contributed by atoms with Gasteiger partial charge in [0.1, 0.15) is 5.56 Å². The summed E-state index contributed by atoms with van der Waals surface area (Å²) in [7, 11) is 1.33. The molecule has 3 aromatic rings. The zero-order valence-corrected chi connectivity index (χ0v) is 17.2. The predicted octanol–water partition coefficient (Wildman–Crippen LogP) is 3.55. The summed E-state index contributed by atoms with van der Waals surface area (Å²) in [4.78, 5) is 34.4. The third kappa shape index (κ3) is 4.50. The monoisotopic (exact) mass is 420 g/mol. The van der Waals surface area contributed by atoms with Crippen LogP contribution in [-0.2, 0) is 4.74 Å². The first-order valence-corrected chi connectivity index (χ1v) is 9.28. The molecule has 3 rings (SSSR count). The highest BCUT2D eigenvalue weighted by atomic mass is 16.6. The number of carbonyl (C=O) groups is 2. The number of para-hydroxylation sites is 1. The van der Waals surface area contributed by atoms with Gasteiger partial charge in [-0.3, -0.25) is 14.9 Å². The van der Waals surface area contributed by atoms with Gasteiger partial charge in [-0.05, 0) is 50.2 Å². The van der Waals surface area contributed by atoms with Gasteiger partial charge in [-0.25, -0.2) is 10.2 Å². The number of hydrazone groups is 1. The topological polar surface area (TPSA) is 116 Å². The fraction of sp³-hybridized carbons (Fsp3) is 0.136. The van der Waals surface area contributed by atoms with Crippen molar-refractivity contribution in [2.75, 3.05) is 7.11 Å². The van der Waals surface area contributed by atoms with Gasteiger partial charge < -0.3 is 9.30 Å².